The lowest BCUT2D eigenvalue weighted by Crippen LogP contribution is -2.27. The zero-order valence-electron chi connectivity index (χ0n) is 11.4. The number of nitrogens with zero attached hydrogens (tertiary/aromatic N) is 2. The molecule has 0 fully saturated rings. The zero-order valence-corrected chi connectivity index (χ0v) is 11.4. The Morgan fingerprint density at radius 2 is 2.11 bits per heavy atom. The van der Waals surface area contributed by atoms with Gasteiger partial charge in [0.15, 0.2) is 0 Å². The highest BCUT2D eigenvalue weighted by molar-refractivity contribution is 5.90. The molecule has 3 N–H and O–H groups in total. The number of amides is 1. The summed E-state index contributed by atoms with van der Waals surface area (Å²) in [4.78, 5) is 13.7. The summed E-state index contributed by atoms with van der Waals surface area (Å²) in [5.41, 5.74) is 6.98. The number of nitrogen functional groups attached to an aromatic ring is 1. The van der Waals surface area contributed by atoms with Gasteiger partial charge in [-0.2, -0.15) is 5.26 Å². The predicted molar refractivity (Wildman–Crippen MR) is 76.4 cm³/mol. The molecular formula is C14H20N4O. The summed E-state index contributed by atoms with van der Waals surface area (Å²) in [5, 5.41) is 11.5. The molecule has 0 aliphatic carbocycles. The first-order valence-electron chi connectivity index (χ1n) is 6.25. The number of carbonyl (C=O) groups is 1. The topological polar surface area (TPSA) is 82.2 Å². The Morgan fingerprint density at radius 3 is 2.68 bits per heavy atom. The SMILES string of the molecule is CC(C#N)CN(C)CCC(=O)Nc1ccc(N)cc1. The van der Waals surface area contributed by atoms with Gasteiger partial charge in [0.2, 0.25) is 5.91 Å². The molecule has 5 nitrogen and oxygen atoms in total. The molecule has 1 amide bonds. The molecule has 1 atom stereocenters. The highest BCUT2D eigenvalue weighted by Crippen LogP contribution is 2.10. The van der Waals surface area contributed by atoms with Crippen molar-refractivity contribution >= 4 is 17.3 Å². The average Bonchev–Trinajstić information content (AvgIpc) is 2.39. The van der Waals surface area contributed by atoms with Crippen molar-refractivity contribution in [2.75, 3.05) is 31.2 Å². The molecule has 5 heteroatoms. The fourth-order valence-corrected chi connectivity index (χ4v) is 1.68. The van der Waals surface area contributed by atoms with Crippen LogP contribution in [0.25, 0.3) is 0 Å². The van der Waals surface area contributed by atoms with Gasteiger partial charge in [-0.3, -0.25) is 4.79 Å². The van der Waals surface area contributed by atoms with Crippen molar-refractivity contribution in [1.29, 1.82) is 5.26 Å². The van der Waals surface area contributed by atoms with E-state index in [9.17, 15) is 4.79 Å². The van der Waals surface area contributed by atoms with Crippen molar-refractivity contribution in [2.45, 2.75) is 13.3 Å². The van der Waals surface area contributed by atoms with Crippen LogP contribution in [0.3, 0.4) is 0 Å². The highest BCUT2D eigenvalue weighted by Gasteiger charge is 2.08. The first kappa shape index (κ1) is 15.0. The van der Waals surface area contributed by atoms with Gasteiger partial charge in [-0.1, -0.05) is 0 Å². The minimum atomic E-state index is -0.0405. The van der Waals surface area contributed by atoms with E-state index in [1.165, 1.54) is 0 Å². The molecule has 0 saturated heterocycles. The number of carbonyl (C=O) groups excluding carboxylic acids is 1. The van der Waals surface area contributed by atoms with E-state index in [0.717, 1.165) is 5.69 Å². The van der Waals surface area contributed by atoms with Crippen molar-refractivity contribution in [3.05, 3.63) is 24.3 Å². The molecule has 0 aliphatic heterocycles. The molecule has 0 heterocycles. The summed E-state index contributed by atoms with van der Waals surface area (Å²) in [7, 11) is 1.91. The van der Waals surface area contributed by atoms with Gasteiger partial charge in [-0.25, -0.2) is 0 Å². The normalized spacial score (nSPS) is 11.9. The molecular weight excluding hydrogens is 240 g/mol. The summed E-state index contributed by atoms with van der Waals surface area (Å²) >= 11 is 0. The van der Waals surface area contributed by atoms with E-state index in [-0.39, 0.29) is 11.8 Å². The number of nitrogens with one attached hydrogen (secondary N) is 1. The van der Waals surface area contributed by atoms with Gasteiger partial charge in [-0.05, 0) is 38.2 Å². The maximum absolute atomic E-state index is 11.7. The summed E-state index contributed by atoms with van der Waals surface area (Å²) in [6.07, 6.45) is 0.402. The molecule has 0 saturated carbocycles. The Hall–Kier alpha value is -2.06. The second-order valence-electron chi connectivity index (χ2n) is 4.71. The summed E-state index contributed by atoms with van der Waals surface area (Å²) in [5.74, 6) is -0.0635. The molecule has 0 bridgehead atoms. The van der Waals surface area contributed by atoms with Crippen molar-refractivity contribution < 1.29 is 4.79 Å². The van der Waals surface area contributed by atoms with E-state index >= 15 is 0 Å². The van der Waals surface area contributed by atoms with Crippen LogP contribution < -0.4 is 11.1 Å². The number of rotatable bonds is 6. The van der Waals surface area contributed by atoms with Crippen LogP contribution in [0.2, 0.25) is 0 Å². The van der Waals surface area contributed by atoms with Crippen LogP contribution in [0.4, 0.5) is 11.4 Å². The maximum atomic E-state index is 11.7. The van der Waals surface area contributed by atoms with Gasteiger partial charge >= 0.3 is 0 Å². The third-order valence-electron chi connectivity index (χ3n) is 2.72. The van der Waals surface area contributed by atoms with Crippen LogP contribution in [0, 0.1) is 17.2 Å². The smallest absolute Gasteiger partial charge is 0.225 e. The van der Waals surface area contributed by atoms with Crippen LogP contribution in [0.15, 0.2) is 24.3 Å². The van der Waals surface area contributed by atoms with E-state index in [1.807, 2.05) is 18.9 Å². The van der Waals surface area contributed by atoms with Crippen LogP contribution in [0.5, 0.6) is 0 Å². The minimum absolute atomic E-state index is 0.0230. The number of nitrogens with two attached hydrogens (primary N) is 1. The lowest BCUT2D eigenvalue weighted by Gasteiger charge is -2.17. The minimum Gasteiger partial charge on any atom is -0.399 e. The first-order valence-corrected chi connectivity index (χ1v) is 6.25. The van der Waals surface area contributed by atoms with Gasteiger partial charge in [0.05, 0.1) is 12.0 Å². The third kappa shape index (κ3) is 5.89. The first-order chi connectivity index (χ1) is 9.01. The zero-order chi connectivity index (χ0) is 14.3. The average molecular weight is 260 g/mol. The second-order valence-corrected chi connectivity index (χ2v) is 4.71. The molecule has 1 rings (SSSR count). The number of anilines is 2. The predicted octanol–water partition coefficient (Wildman–Crippen LogP) is 1.69. The number of hydrogen-bond donors (Lipinski definition) is 2. The van der Waals surface area contributed by atoms with E-state index in [0.29, 0.717) is 25.2 Å². The molecule has 0 spiro atoms. The van der Waals surface area contributed by atoms with Crippen molar-refractivity contribution in [2.24, 2.45) is 5.92 Å². The second kappa shape index (κ2) is 7.39. The van der Waals surface area contributed by atoms with E-state index in [4.69, 9.17) is 11.0 Å². The molecule has 0 radical (unpaired) electrons. The molecule has 0 aromatic heterocycles. The monoisotopic (exact) mass is 260 g/mol. The van der Waals surface area contributed by atoms with E-state index < -0.39 is 0 Å². The Morgan fingerprint density at radius 1 is 1.47 bits per heavy atom. The fraction of sp³-hybridized carbons (Fsp3) is 0.429. The third-order valence-corrected chi connectivity index (χ3v) is 2.72. The molecule has 19 heavy (non-hydrogen) atoms. The molecule has 1 aromatic rings. The van der Waals surface area contributed by atoms with Crippen molar-refractivity contribution in [3.8, 4) is 6.07 Å². The van der Waals surface area contributed by atoms with Crippen molar-refractivity contribution in [1.82, 2.24) is 4.90 Å². The van der Waals surface area contributed by atoms with Gasteiger partial charge in [0.25, 0.3) is 0 Å². The quantitative estimate of drug-likeness (QED) is 0.762. The van der Waals surface area contributed by atoms with E-state index in [2.05, 4.69) is 11.4 Å². The Balaban J connectivity index is 2.32. The number of nitriles is 1. The van der Waals surface area contributed by atoms with E-state index in [1.54, 1.807) is 24.3 Å². The number of hydrogen-bond acceptors (Lipinski definition) is 4. The van der Waals surface area contributed by atoms with Gasteiger partial charge in [0.1, 0.15) is 0 Å². The maximum Gasteiger partial charge on any atom is 0.225 e. The summed E-state index contributed by atoms with van der Waals surface area (Å²) in [6.45, 7) is 3.17. The summed E-state index contributed by atoms with van der Waals surface area (Å²) in [6, 6.07) is 9.21. The molecule has 1 unspecified atom stereocenters. The lowest BCUT2D eigenvalue weighted by molar-refractivity contribution is -0.116. The highest BCUT2D eigenvalue weighted by atomic mass is 16.1. The van der Waals surface area contributed by atoms with Gasteiger partial charge < -0.3 is 16.0 Å². The van der Waals surface area contributed by atoms with Crippen molar-refractivity contribution in [3.63, 3.8) is 0 Å². The van der Waals surface area contributed by atoms with Crippen LogP contribution >= 0.6 is 0 Å². The van der Waals surface area contributed by atoms with Gasteiger partial charge in [0, 0.05) is 30.9 Å². The molecule has 102 valence electrons. The lowest BCUT2D eigenvalue weighted by atomic mass is 10.2. The Kier molecular flexibility index (Phi) is 5.83. The largest absolute Gasteiger partial charge is 0.399 e. The number of benzene rings is 1. The fourth-order valence-electron chi connectivity index (χ4n) is 1.68. The molecule has 0 aliphatic rings. The van der Waals surface area contributed by atoms with Crippen LogP contribution in [0.1, 0.15) is 13.3 Å². The van der Waals surface area contributed by atoms with Crippen LogP contribution in [-0.2, 0) is 4.79 Å². The Bertz CT molecular complexity index is 450. The standard InChI is InChI=1S/C14H20N4O/c1-11(9-15)10-18(2)8-7-14(19)17-13-5-3-12(16)4-6-13/h3-6,11H,7-8,10,16H2,1-2H3,(H,17,19). The molecule has 1 aromatic carbocycles. The summed E-state index contributed by atoms with van der Waals surface area (Å²) < 4.78 is 0. The van der Waals surface area contributed by atoms with Crippen LogP contribution in [-0.4, -0.2) is 30.9 Å². The van der Waals surface area contributed by atoms with Gasteiger partial charge in [-0.15, -0.1) is 0 Å². The Labute approximate surface area is 114 Å².